The number of nitrogens with zero attached hydrogens (tertiary/aromatic N) is 2. The molecule has 0 saturated heterocycles. The zero-order valence-corrected chi connectivity index (χ0v) is 17.9. The van der Waals surface area contributed by atoms with Gasteiger partial charge in [-0.15, -0.1) is 0 Å². The second kappa shape index (κ2) is 6.97. The van der Waals surface area contributed by atoms with E-state index in [0.29, 0.717) is 25.1 Å². The highest BCUT2D eigenvalue weighted by molar-refractivity contribution is 5.99. The van der Waals surface area contributed by atoms with Crippen LogP contribution in [0.15, 0.2) is 29.3 Å². The van der Waals surface area contributed by atoms with Crippen molar-refractivity contribution in [2.24, 2.45) is 22.6 Å². The van der Waals surface area contributed by atoms with Crippen LogP contribution in [0, 0.1) is 11.8 Å². The molecule has 2 amide bonds. The Hall–Kier alpha value is -2.61. The van der Waals surface area contributed by atoms with Crippen molar-refractivity contribution in [2.75, 3.05) is 6.54 Å². The lowest BCUT2D eigenvalue weighted by Crippen LogP contribution is -2.54. The van der Waals surface area contributed by atoms with Crippen LogP contribution >= 0.6 is 0 Å². The van der Waals surface area contributed by atoms with Gasteiger partial charge >= 0.3 is 0 Å². The number of aliphatic hydroxyl groups is 1. The van der Waals surface area contributed by atoms with E-state index in [1.54, 1.807) is 13.8 Å². The number of hydrogen-bond acceptors (Lipinski definition) is 6. The smallest absolute Gasteiger partial charge is 0.231 e. The Bertz CT molecular complexity index is 910. The lowest BCUT2D eigenvalue weighted by atomic mass is 9.86. The summed E-state index contributed by atoms with van der Waals surface area (Å²) < 4.78 is 5.91. The lowest BCUT2D eigenvalue weighted by molar-refractivity contribution is -0.130. The highest BCUT2D eigenvalue weighted by atomic mass is 16.5. The van der Waals surface area contributed by atoms with E-state index >= 15 is 0 Å². The first kappa shape index (κ1) is 20.7. The molecule has 0 radical (unpaired) electrons. The van der Waals surface area contributed by atoms with Gasteiger partial charge in [-0.05, 0) is 46.1 Å². The molecule has 4 rings (SSSR count). The van der Waals surface area contributed by atoms with Crippen molar-refractivity contribution in [3.05, 3.63) is 29.8 Å². The molecule has 1 aromatic rings. The van der Waals surface area contributed by atoms with Gasteiger partial charge in [0.1, 0.15) is 17.5 Å². The van der Waals surface area contributed by atoms with Crippen LogP contribution in [-0.2, 0) is 9.59 Å². The molecule has 1 fully saturated rings. The predicted octanol–water partition coefficient (Wildman–Crippen LogP) is 1.34. The summed E-state index contributed by atoms with van der Waals surface area (Å²) in [6.07, 6.45) is 0.0934. The molecule has 1 saturated carbocycles. The van der Waals surface area contributed by atoms with Gasteiger partial charge in [0.15, 0.2) is 5.96 Å². The first-order chi connectivity index (χ1) is 14.0. The molecule has 0 bridgehead atoms. The molecule has 4 atom stereocenters. The number of aliphatic imine (C=N–C) groups is 1. The van der Waals surface area contributed by atoms with Crippen LogP contribution in [0.25, 0.3) is 0 Å². The number of ether oxygens (including phenoxy) is 1. The number of carbonyl (C=O) groups excluding carboxylic acids is 2. The number of hydrogen-bond donors (Lipinski definition) is 3. The average Bonchev–Trinajstić information content (AvgIpc) is 3.40. The Morgan fingerprint density at radius 3 is 2.73 bits per heavy atom. The van der Waals surface area contributed by atoms with Crippen LogP contribution < -0.4 is 15.8 Å². The summed E-state index contributed by atoms with van der Waals surface area (Å²) in [4.78, 5) is 31.3. The number of carbonyl (C=O) groups is 2. The van der Waals surface area contributed by atoms with Gasteiger partial charge in [0, 0.05) is 18.0 Å². The number of guanidine groups is 1. The molecule has 2 aliphatic heterocycles. The van der Waals surface area contributed by atoms with E-state index in [1.807, 2.05) is 38.1 Å². The second-order valence-corrected chi connectivity index (χ2v) is 9.74. The molecule has 3 aliphatic rings. The highest BCUT2D eigenvalue weighted by Crippen LogP contribution is 2.43. The van der Waals surface area contributed by atoms with Gasteiger partial charge < -0.3 is 20.9 Å². The third-order valence-corrected chi connectivity index (χ3v) is 6.21. The van der Waals surface area contributed by atoms with Crippen molar-refractivity contribution in [3.63, 3.8) is 0 Å². The molecular weight excluding hydrogens is 384 g/mol. The average molecular weight is 415 g/mol. The topological polar surface area (TPSA) is 117 Å². The zero-order chi connectivity index (χ0) is 21.8. The third-order valence-electron chi connectivity index (χ3n) is 6.21. The number of aliphatic hydroxyl groups excluding tert-OH is 1. The van der Waals surface area contributed by atoms with E-state index < -0.39 is 23.3 Å². The molecule has 1 aromatic carbocycles. The Morgan fingerprint density at radius 2 is 2.03 bits per heavy atom. The van der Waals surface area contributed by atoms with Crippen LogP contribution in [0.4, 0.5) is 0 Å². The summed E-state index contributed by atoms with van der Waals surface area (Å²) in [7, 11) is 0. The first-order valence-corrected chi connectivity index (χ1v) is 10.4. The SMILES string of the molecule is CC1(C)CC(=O)N(C[C@H]2CC2C(=O)N[C@@H]2c3ccccc3OC(C)(C)[C@H]2O)C(N)=N1. The van der Waals surface area contributed by atoms with Crippen LogP contribution in [-0.4, -0.2) is 51.6 Å². The molecule has 1 aliphatic carbocycles. The summed E-state index contributed by atoms with van der Waals surface area (Å²) >= 11 is 0. The summed E-state index contributed by atoms with van der Waals surface area (Å²) in [5.74, 6) is 0.509. The van der Waals surface area contributed by atoms with E-state index in [9.17, 15) is 14.7 Å². The number of nitrogens with one attached hydrogen (secondary N) is 1. The number of benzene rings is 1. The van der Waals surface area contributed by atoms with Crippen molar-refractivity contribution < 1.29 is 19.4 Å². The maximum absolute atomic E-state index is 12.9. The van der Waals surface area contributed by atoms with Gasteiger partial charge in [-0.25, -0.2) is 4.99 Å². The fourth-order valence-electron chi connectivity index (χ4n) is 4.37. The molecule has 0 spiro atoms. The van der Waals surface area contributed by atoms with Crippen LogP contribution in [0.5, 0.6) is 5.75 Å². The van der Waals surface area contributed by atoms with Crippen molar-refractivity contribution in [2.45, 2.75) is 63.8 Å². The minimum Gasteiger partial charge on any atom is -0.485 e. The van der Waals surface area contributed by atoms with E-state index in [2.05, 4.69) is 10.3 Å². The Labute approximate surface area is 176 Å². The molecule has 30 heavy (non-hydrogen) atoms. The number of rotatable bonds is 4. The summed E-state index contributed by atoms with van der Waals surface area (Å²) in [5, 5.41) is 13.8. The standard InChI is InChI=1S/C22H30N4O4/c1-21(2)10-16(27)26(20(23)25-21)11-12-9-14(12)19(29)24-17-13-7-5-6-8-15(13)30-22(3,4)18(17)28/h5-8,12,14,17-18,28H,9-11H2,1-4H3,(H2,23,25)(H,24,29)/t12-,14?,17-,18+/m1/s1. The number of amides is 2. The van der Waals surface area contributed by atoms with Crippen LogP contribution in [0.3, 0.4) is 0 Å². The Kier molecular flexibility index (Phi) is 4.80. The number of fused-ring (bicyclic) bond motifs is 1. The normalized spacial score (nSPS) is 31.3. The Morgan fingerprint density at radius 1 is 1.33 bits per heavy atom. The first-order valence-electron chi connectivity index (χ1n) is 10.4. The molecule has 1 unspecified atom stereocenters. The van der Waals surface area contributed by atoms with Crippen LogP contribution in [0.2, 0.25) is 0 Å². The predicted molar refractivity (Wildman–Crippen MR) is 112 cm³/mol. The third kappa shape index (κ3) is 3.76. The second-order valence-electron chi connectivity index (χ2n) is 9.74. The van der Waals surface area contributed by atoms with Crippen molar-refractivity contribution in [1.82, 2.24) is 10.2 Å². The minimum absolute atomic E-state index is 0.0316. The maximum atomic E-state index is 12.9. The molecule has 0 aromatic heterocycles. The maximum Gasteiger partial charge on any atom is 0.231 e. The van der Waals surface area contributed by atoms with E-state index in [-0.39, 0.29) is 29.6 Å². The van der Waals surface area contributed by atoms with E-state index in [1.165, 1.54) is 4.90 Å². The molecule has 8 nitrogen and oxygen atoms in total. The number of para-hydroxylation sites is 1. The van der Waals surface area contributed by atoms with Gasteiger partial charge in [0.05, 0.1) is 18.0 Å². The summed E-state index contributed by atoms with van der Waals surface area (Å²) in [6, 6.07) is 6.87. The van der Waals surface area contributed by atoms with Gasteiger partial charge in [0.2, 0.25) is 11.8 Å². The molecule has 162 valence electrons. The molecule has 8 heteroatoms. The highest BCUT2D eigenvalue weighted by Gasteiger charge is 2.49. The number of nitrogens with two attached hydrogens (primary N) is 1. The zero-order valence-electron chi connectivity index (χ0n) is 17.9. The molecular formula is C22H30N4O4. The summed E-state index contributed by atoms with van der Waals surface area (Å²) in [6.45, 7) is 7.75. The Balaban J connectivity index is 1.43. The lowest BCUT2D eigenvalue weighted by Gasteiger charge is -2.42. The van der Waals surface area contributed by atoms with Gasteiger partial charge in [-0.2, -0.15) is 0 Å². The molecule has 4 N–H and O–H groups in total. The minimum atomic E-state index is -0.887. The van der Waals surface area contributed by atoms with E-state index in [0.717, 1.165) is 5.56 Å². The monoisotopic (exact) mass is 414 g/mol. The fourth-order valence-corrected chi connectivity index (χ4v) is 4.37. The summed E-state index contributed by atoms with van der Waals surface area (Å²) in [5.41, 5.74) is 5.45. The quantitative estimate of drug-likeness (QED) is 0.687. The van der Waals surface area contributed by atoms with Crippen molar-refractivity contribution in [1.29, 1.82) is 0 Å². The molecule has 2 heterocycles. The van der Waals surface area contributed by atoms with Crippen molar-refractivity contribution >= 4 is 17.8 Å². The van der Waals surface area contributed by atoms with Crippen LogP contribution in [0.1, 0.15) is 52.1 Å². The fraction of sp³-hybridized carbons (Fsp3) is 0.591. The van der Waals surface area contributed by atoms with Crippen molar-refractivity contribution in [3.8, 4) is 5.75 Å². The van der Waals surface area contributed by atoms with Gasteiger partial charge in [0.25, 0.3) is 0 Å². The van der Waals surface area contributed by atoms with Gasteiger partial charge in [-0.1, -0.05) is 18.2 Å². The van der Waals surface area contributed by atoms with Gasteiger partial charge in [-0.3, -0.25) is 14.5 Å². The van der Waals surface area contributed by atoms with E-state index in [4.69, 9.17) is 10.5 Å². The largest absolute Gasteiger partial charge is 0.485 e.